The molecule has 2 unspecified atom stereocenters. The van der Waals surface area contributed by atoms with Crippen molar-refractivity contribution in [3.63, 3.8) is 0 Å². The summed E-state index contributed by atoms with van der Waals surface area (Å²) < 4.78 is 5.69. The Hall–Kier alpha value is -0.840. The fourth-order valence-electron chi connectivity index (χ4n) is 2.61. The van der Waals surface area contributed by atoms with Crippen LogP contribution in [-0.4, -0.2) is 48.3 Å². The number of carbonyl (C=O) groups is 1. The summed E-state index contributed by atoms with van der Waals surface area (Å²) in [5.74, 6) is 1.25. The maximum absolute atomic E-state index is 12.3. The Morgan fingerprint density at radius 1 is 1.25 bits per heavy atom. The summed E-state index contributed by atoms with van der Waals surface area (Å²) in [5, 5.41) is 0. The molecule has 0 bridgehead atoms. The van der Waals surface area contributed by atoms with E-state index in [9.17, 15) is 4.79 Å². The molecule has 1 aromatic carbocycles. The van der Waals surface area contributed by atoms with Gasteiger partial charge in [-0.05, 0) is 31.7 Å². The van der Waals surface area contributed by atoms with Gasteiger partial charge < -0.3 is 4.74 Å². The highest BCUT2D eigenvalue weighted by Gasteiger charge is 2.23. The molecule has 0 radical (unpaired) electrons. The number of morpholine rings is 1. The topological polar surface area (TPSA) is 29.5 Å². The summed E-state index contributed by atoms with van der Waals surface area (Å²) in [6.07, 6.45) is 0.407. The lowest BCUT2D eigenvalue weighted by Gasteiger charge is -2.34. The summed E-state index contributed by atoms with van der Waals surface area (Å²) in [7, 11) is 0. The number of carbonyl (C=O) groups excluding carboxylic acids is 1. The van der Waals surface area contributed by atoms with Crippen LogP contribution in [0.2, 0.25) is 0 Å². The van der Waals surface area contributed by atoms with E-state index in [1.807, 2.05) is 24.3 Å². The molecule has 1 aromatic rings. The number of benzene rings is 1. The Kier molecular flexibility index (Phi) is 5.64. The fourth-order valence-corrected chi connectivity index (χ4v) is 3.27. The minimum Gasteiger partial charge on any atom is -0.373 e. The molecule has 1 aliphatic heterocycles. The molecule has 0 aliphatic carbocycles. The van der Waals surface area contributed by atoms with Crippen LogP contribution < -0.4 is 0 Å². The van der Waals surface area contributed by atoms with Crippen molar-refractivity contribution in [1.29, 1.82) is 0 Å². The second-order valence-electron chi connectivity index (χ2n) is 5.33. The maximum Gasteiger partial charge on any atom is 0.176 e. The SMILES string of the molecule is CCSc1ccc(C(=O)CN2CC(C)OC(C)C2)cc1. The van der Waals surface area contributed by atoms with E-state index in [4.69, 9.17) is 4.74 Å². The van der Waals surface area contributed by atoms with Gasteiger partial charge >= 0.3 is 0 Å². The lowest BCUT2D eigenvalue weighted by molar-refractivity contribution is -0.0652. The van der Waals surface area contributed by atoms with Crippen LogP contribution in [0.3, 0.4) is 0 Å². The smallest absolute Gasteiger partial charge is 0.176 e. The third-order valence-corrected chi connectivity index (χ3v) is 4.24. The van der Waals surface area contributed by atoms with Crippen LogP contribution in [0.4, 0.5) is 0 Å². The summed E-state index contributed by atoms with van der Waals surface area (Å²) in [4.78, 5) is 15.7. The van der Waals surface area contributed by atoms with Gasteiger partial charge in [0.15, 0.2) is 5.78 Å². The van der Waals surface area contributed by atoms with E-state index in [2.05, 4.69) is 25.7 Å². The van der Waals surface area contributed by atoms with Crippen LogP contribution in [-0.2, 0) is 4.74 Å². The zero-order chi connectivity index (χ0) is 14.5. The van der Waals surface area contributed by atoms with Crippen molar-refractivity contribution < 1.29 is 9.53 Å². The summed E-state index contributed by atoms with van der Waals surface area (Å²) in [6, 6.07) is 7.94. The summed E-state index contributed by atoms with van der Waals surface area (Å²) in [6.45, 7) is 8.40. The molecule has 20 heavy (non-hydrogen) atoms. The molecule has 0 N–H and O–H groups in total. The average Bonchev–Trinajstić information content (AvgIpc) is 2.38. The number of hydrogen-bond acceptors (Lipinski definition) is 4. The largest absolute Gasteiger partial charge is 0.373 e. The number of ether oxygens (including phenoxy) is 1. The molecule has 0 spiro atoms. The van der Waals surface area contributed by atoms with Crippen LogP contribution in [0.5, 0.6) is 0 Å². The number of hydrogen-bond donors (Lipinski definition) is 0. The molecule has 110 valence electrons. The summed E-state index contributed by atoms with van der Waals surface area (Å²) >= 11 is 1.79. The molecule has 3 nitrogen and oxygen atoms in total. The van der Waals surface area contributed by atoms with E-state index in [1.165, 1.54) is 4.90 Å². The van der Waals surface area contributed by atoms with Crippen LogP contribution in [0.1, 0.15) is 31.1 Å². The predicted molar refractivity (Wildman–Crippen MR) is 83.6 cm³/mol. The first-order valence-corrected chi connectivity index (χ1v) is 8.21. The number of ketones is 1. The first-order chi connectivity index (χ1) is 9.58. The third-order valence-electron chi connectivity index (χ3n) is 3.35. The van der Waals surface area contributed by atoms with Gasteiger partial charge in [-0.25, -0.2) is 0 Å². The first kappa shape index (κ1) is 15.5. The van der Waals surface area contributed by atoms with Crippen molar-refractivity contribution >= 4 is 17.5 Å². The molecule has 0 amide bonds. The quantitative estimate of drug-likeness (QED) is 0.616. The molecule has 4 heteroatoms. The highest BCUT2D eigenvalue weighted by atomic mass is 32.2. The summed E-state index contributed by atoms with van der Waals surface area (Å²) in [5.41, 5.74) is 0.803. The molecule has 0 aromatic heterocycles. The van der Waals surface area contributed by atoms with Crippen LogP contribution >= 0.6 is 11.8 Å². The predicted octanol–water partition coefficient (Wildman–Crippen LogP) is 3.09. The minimum absolute atomic E-state index is 0.194. The van der Waals surface area contributed by atoms with Crippen molar-refractivity contribution in [3.05, 3.63) is 29.8 Å². The van der Waals surface area contributed by atoms with Gasteiger partial charge in [-0.1, -0.05) is 19.1 Å². The molecule has 2 rings (SSSR count). The van der Waals surface area contributed by atoms with E-state index >= 15 is 0 Å². The number of thioether (sulfide) groups is 1. The molecule has 1 saturated heterocycles. The van der Waals surface area contributed by atoms with Crippen LogP contribution in [0.25, 0.3) is 0 Å². The normalized spacial score (nSPS) is 23.8. The van der Waals surface area contributed by atoms with E-state index in [0.29, 0.717) is 6.54 Å². The number of rotatable bonds is 5. The van der Waals surface area contributed by atoms with Crippen molar-refractivity contribution in [3.8, 4) is 0 Å². The Balaban J connectivity index is 1.93. The van der Waals surface area contributed by atoms with Crippen molar-refractivity contribution in [1.82, 2.24) is 4.90 Å². The fraction of sp³-hybridized carbons (Fsp3) is 0.562. The van der Waals surface area contributed by atoms with Gasteiger partial charge in [0.2, 0.25) is 0 Å². The van der Waals surface area contributed by atoms with Crippen molar-refractivity contribution in [2.75, 3.05) is 25.4 Å². The zero-order valence-electron chi connectivity index (χ0n) is 12.5. The van der Waals surface area contributed by atoms with Gasteiger partial charge in [-0.3, -0.25) is 9.69 Å². The van der Waals surface area contributed by atoms with Crippen LogP contribution in [0.15, 0.2) is 29.2 Å². The Labute approximate surface area is 125 Å². The van der Waals surface area contributed by atoms with Crippen molar-refractivity contribution in [2.45, 2.75) is 37.9 Å². The van der Waals surface area contributed by atoms with Gasteiger partial charge in [0.25, 0.3) is 0 Å². The first-order valence-electron chi connectivity index (χ1n) is 7.22. The standard InChI is InChI=1S/C16H23NO2S/c1-4-20-15-7-5-14(6-8-15)16(18)11-17-9-12(2)19-13(3)10-17/h5-8,12-13H,4,9-11H2,1-3H3. The van der Waals surface area contributed by atoms with E-state index in [0.717, 1.165) is 24.4 Å². The lowest BCUT2D eigenvalue weighted by Crippen LogP contribution is -2.47. The highest BCUT2D eigenvalue weighted by Crippen LogP contribution is 2.18. The molecular weight excluding hydrogens is 270 g/mol. The average molecular weight is 293 g/mol. The Bertz CT molecular complexity index is 436. The maximum atomic E-state index is 12.3. The van der Waals surface area contributed by atoms with Crippen molar-refractivity contribution in [2.24, 2.45) is 0 Å². The Morgan fingerprint density at radius 3 is 2.40 bits per heavy atom. The van der Waals surface area contributed by atoms with Gasteiger partial charge in [0.1, 0.15) is 0 Å². The molecule has 1 heterocycles. The lowest BCUT2D eigenvalue weighted by atomic mass is 10.1. The number of Topliss-reactive ketones (excluding diaryl/α,β-unsaturated/α-hetero) is 1. The van der Waals surface area contributed by atoms with E-state index in [1.54, 1.807) is 11.8 Å². The van der Waals surface area contributed by atoms with Gasteiger partial charge in [0.05, 0.1) is 18.8 Å². The van der Waals surface area contributed by atoms with E-state index in [-0.39, 0.29) is 18.0 Å². The highest BCUT2D eigenvalue weighted by molar-refractivity contribution is 7.99. The molecule has 1 aliphatic rings. The second kappa shape index (κ2) is 7.25. The van der Waals surface area contributed by atoms with Gasteiger partial charge in [-0.15, -0.1) is 11.8 Å². The second-order valence-corrected chi connectivity index (χ2v) is 6.67. The Morgan fingerprint density at radius 2 is 1.85 bits per heavy atom. The third kappa shape index (κ3) is 4.33. The van der Waals surface area contributed by atoms with Gasteiger partial charge in [-0.2, -0.15) is 0 Å². The zero-order valence-corrected chi connectivity index (χ0v) is 13.3. The van der Waals surface area contributed by atoms with E-state index < -0.39 is 0 Å². The van der Waals surface area contributed by atoms with Gasteiger partial charge in [0, 0.05) is 23.5 Å². The molecule has 0 saturated carbocycles. The van der Waals surface area contributed by atoms with Crippen LogP contribution in [0, 0.1) is 0 Å². The molecule has 2 atom stereocenters. The minimum atomic E-state index is 0.194. The number of nitrogens with zero attached hydrogens (tertiary/aromatic N) is 1. The molecule has 1 fully saturated rings. The monoisotopic (exact) mass is 293 g/mol. The molecular formula is C16H23NO2S.